The molecule has 0 bridgehead atoms. The molecule has 0 unspecified atom stereocenters. The summed E-state index contributed by atoms with van der Waals surface area (Å²) >= 11 is 0. The minimum atomic E-state index is -0.836. The van der Waals surface area contributed by atoms with Crippen molar-refractivity contribution in [2.45, 2.75) is 32.7 Å². The van der Waals surface area contributed by atoms with Crippen LogP contribution in [-0.4, -0.2) is 53.1 Å². The van der Waals surface area contributed by atoms with Crippen molar-refractivity contribution in [2.75, 3.05) is 20.1 Å². The first-order valence-corrected chi connectivity index (χ1v) is 5.74. The lowest BCUT2D eigenvalue weighted by molar-refractivity contribution is -0.137. The normalized spacial score (nSPS) is 10.1. The van der Waals surface area contributed by atoms with Crippen LogP contribution in [-0.2, 0) is 4.79 Å². The fraction of sp³-hybridized carbons (Fsp3) is 0.667. The van der Waals surface area contributed by atoms with Crippen LogP contribution in [0, 0.1) is 0 Å². The highest BCUT2D eigenvalue weighted by Gasteiger charge is 2.19. The van der Waals surface area contributed by atoms with Gasteiger partial charge >= 0.3 is 12.0 Å². The minimum absolute atomic E-state index is 0.0841. The lowest BCUT2D eigenvalue weighted by Gasteiger charge is -2.30. The number of hydrogen-bond acceptors (Lipinski definition) is 2. The summed E-state index contributed by atoms with van der Waals surface area (Å²) in [5, 5.41) is 8.52. The summed E-state index contributed by atoms with van der Waals surface area (Å²) in [5.74, 6) is -0.836. The maximum atomic E-state index is 12.0. The van der Waals surface area contributed by atoms with E-state index in [2.05, 4.69) is 6.58 Å². The number of rotatable bonds is 7. The molecule has 0 heterocycles. The number of carbonyl (C=O) groups excluding carboxylic acids is 1. The summed E-state index contributed by atoms with van der Waals surface area (Å²) in [4.78, 5) is 25.6. The molecular weight excluding hydrogens is 220 g/mol. The van der Waals surface area contributed by atoms with Crippen LogP contribution in [0.4, 0.5) is 4.79 Å². The standard InChI is InChI=1S/C12H22N2O3/c1-5-8-14(10(2)3)12(17)13(4)9-6-7-11(15)16/h5,10H,1,6-9H2,2-4H3,(H,15,16). The molecule has 0 radical (unpaired) electrons. The number of nitrogens with zero attached hydrogens (tertiary/aromatic N) is 2. The van der Waals surface area contributed by atoms with Crippen LogP contribution in [0.15, 0.2) is 12.7 Å². The second-order valence-electron chi connectivity index (χ2n) is 4.24. The molecule has 0 aromatic rings. The number of carboxylic acids is 1. The lowest BCUT2D eigenvalue weighted by atomic mass is 10.3. The van der Waals surface area contributed by atoms with E-state index < -0.39 is 5.97 Å². The van der Waals surface area contributed by atoms with Gasteiger partial charge in [-0.1, -0.05) is 6.08 Å². The van der Waals surface area contributed by atoms with E-state index in [4.69, 9.17) is 5.11 Å². The first-order chi connectivity index (χ1) is 7.90. The fourth-order valence-corrected chi connectivity index (χ4v) is 1.43. The molecule has 0 aliphatic heterocycles. The maximum absolute atomic E-state index is 12.0. The molecule has 0 spiro atoms. The van der Waals surface area contributed by atoms with E-state index in [1.807, 2.05) is 13.8 Å². The zero-order chi connectivity index (χ0) is 13.4. The molecule has 0 aromatic carbocycles. The van der Waals surface area contributed by atoms with E-state index in [1.54, 1.807) is 22.9 Å². The van der Waals surface area contributed by atoms with Crippen molar-refractivity contribution in [1.82, 2.24) is 9.80 Å². The third-order valence-electron chi connectivity index (χ3n) is 2.41. The molecule has 2 amide bonds. The Morgan fingerprint density at radius 3 is 2.41 bits per heavy atom. The fourth-order valence-electron chi connectivity index (χ4n) is 1.43. The van der Waals surface area contributed by atoms with Crippen molar-refractivity contribution in [3.8, 4) is 0 Å². The zero-order valence-corrected chi connectivity index (χ0v) is 10.8. The predicted octanol–water partition coefficient (Wildman–Crippen LogP) is 1.80. The van der Waals surface area contributed by atoms with Crippen LogP contribution < -0.4 is 0 Å². The molecule has 0 aliphatic carbocycles. The van der Waals surface area contributed by atoms with Gasteiger partial charge in [0.25, 0.3) is 0 Å². The number of carbonyl (C=O) groups is 2. The Kier molecular flexibility index (Phi) is 7.02. The topological polar surface area (TPSA) is 60.9 Å². The van der Waals surface area contributed by atoms with Crippen LogP contribution in [0.3, 0.4) is 0 Å². The quantitative estimate of drug-likeness (QED) is 0.692. The van der Waals surface area contributed by atoms with Crippen molar-refractivity contribution in [1.29, 1.82) is 0 Å². The SMILES string of the molecule is C=CCN(C(=O)N(C)CCCC(=O)O)C(C)C. The molecule has 0 saturated heterocycles. The van der Waals surface area contributed by atoms with Crippen molar-refractivity contribution < 1.29 is 14.7 Å². The number of urea groups is 1. The van der Waals surface area contributed by atoms with E-state index in [0.29, 0.717) is 19.5 Å². The molecule has 0 fully saturated rings. The Morgan fingerprint density at radius 2 is 2.00 bits per heavy atom. The van der Waals surface area contributed by atoms with E-state index in [9.17, 15) is 9.59 Å². The van der Waals surface area contributed by atoms with Gasteiger partial charge in [0.1, 0.15) is 0 Å². The molecule has 0 rings (SSSR count). The van der Waals surface area contributed by atoms with Crippen LogP contribution in [0.2, 0.25) is 0 Å². The van der Waals surface area contributed by atoms with Gasteiger partial charge in [0.2, 0.25) is 0 Å². The summed E-state index contributed by atoms with van der Waals surface area (Å²) < 4.78 is 0. The molecule has 0 aliphatic rings. The highest BCUT2D eigenvalue weighted by Crippen LogP contribution is 2.04. The summed E-state index contributed by atoms with van der Waals surface area (Å²) in [5.41, 5.74) is 0. The van der Waals surface area contributed by atoms with Crippen molar-refractivity contribution in [3.05, 3.63) is 12.7 Å². The first kappa shape index (κ1) is 15.5. The summed E-state index contributed by atoms with van der Waals surface area (Å²) in [7, 11) is 1.68. The highest BCUT2D eigenvalue weighted by atomic mass is 16.4. The lowest BCUT2D eigenvalue weighted by Crippen LogP contribution is -2.45. The largest absolute Gasteiger partial charge is 0.481 e. The monoisotopic (exact) mass is 242 g/mol. The van der Waals surface area contributed by atoms with Crippen LogP contribution in [0.25, 0.3) is 0 Å². The summed E-state index contributed by atoms with van der Waals surface area (Å²) in [6.07, 6.45) is 2.24. The van der Waals surface area contributed by atoms with Gasteiger partial charge in [0.15, 0.2) is 0 Å². The van der Waals surface area contributed by atoms with Crippen molar-refractivity contribution in [2.24, 2.45) is 0 Å². The molecule has 0 aromatic heterocycles. The Bertz CT molecular complexity index is 277. The third-order valence-corrected chi connectivity index (χ3v) is 2.41. The molecule has 0 saturated carbocycles. The number of amides is 2. The molecule has 17 heavy (non-hydrogen) atoms. The van der Waals surface area contributed by atoms with Crippen LogP contribution in [0.1, 0.15) is 26.7 Å². The molecule has 98 valence electrons. The van der Waals surface area contributed by atoms with E-state index in [-0.39, 0.29) is 18.5 Å². The predicted molar refractivity (Wildman–Crippen MR) is 66.9 cm³/mol. The zero-order valence-electron chi connectivity index (χ0n) is 10.8. The Morgan fingerprint density at radius 1 is 1.41 bits per heavy atom. The van der Waals surface area contributed by atoms with Gasteiger partial charge in [-0.2, -0.15) is 0 Å². The molecule has 5 heteroatoms. The number of carboxylic acid groups (broad SMARTS) is 1. The van der Waals surface area contributed by atoms with Crippen molar-refractivity contribution in [3.63, 3.8) is 0 Å². The smallest absolute Gasteiger partial charge is 0.320 e. The van der Waals surface area contributed by atoms with Gasteiger partial charge in [-0.15, -0.1) is 6.58 Å². The third kappa shape index (κ3) is 5.94. The molecule has 5 nitrogen and oxygen atoms in total. The van der Waals surface area contributed by atoms with Gasteiger partial charge in [0, 0.05) is 32.6 Å². The molecular formula is C12H22N2O3. The minimum Gasteiger partial charge on any atom is -0.481 e. The maximum Gasteiger partial charge on any atom is 0.320 e. The average Bonchev–Trinajstić information content (AvgIpc) is 2.23. The first-order valence-electron chi connectivity index (χ1n) is 5.74. The van der Waals surface area contributed by atoms with E-state index >= 15 is 0 Å². The van der Waals surface area contributed by atoms with Gasteiger partial charge < -0.3 is 14.9 Å². The molecule has 0 atom stereocenters. The van der Waals surface area contributed by atoms with E-state index in [1.165, 1.54) is 0 Å². The number of hydrogen-bond donors (Lipinski definition) is 1. The van der Waals surface area contributed by atoms with Gasteiger partial charge in [-0.05, 0) is 20.3 Å². The Labute approximate surface area is 103 Å². The Hall–Kier alpha value is -1.52. The Balaban J connectivity index is 4.24. The van der Waals surface area contributed by atoms with Gasteiger partial charge in [-0.3, -0.25) is 4.79 Å². The van der Waals surface area contributed by atoms with Crippen LogP contribution in [0.5, 0.6) is 0 Å². The van der Waals surface area contributed by atoms with Gasteiger partial charge in [0.05, 0.1) is 0 Å². The second kappa shape index (κ2) is 7.70. The summed E-state index contributed by atoms with van der Waals surface area (Å²) in [6, 6.07) is 0.00714. The highest BCUT2D eigenvalue weighted by molar-refractivity contribution is 5.74. The second-order valence-corrected chi connectivity index (χ2v) is 4.24. The number of aliphatic carboxylic acids is 1. The average molecular weight is 242 g/mol. The van der Waals surface area contributed by atoms with Crippen LogP contribution >= 0.6 is 0 Å². The van der Waals surface area contributed by atoms with E-state index in [0.717, 1.165) is 0 Å². The van der Waals surface area contributed by atoms with Crippen molar-refractivity contribution >= 4 is 12.0 Å². The van der Waals surface area contributed by atoms with Gasteiger partial charge in [-0.25, -0.2) is 4.79 Å². The molecule has 1 N–H and O–H groups in total. The summed E-state index contributed by atoms with van der Waals surface area (Å²) in [6.45, 7) is 8.44.